The zero-order valence-electron chi connectivity index (χ0n) is 19.9. The number of aliphatic hydroxyl groups excluding tert-OH is 1. The second-order valence-corrected chi connectivity index (χ2v) is 8.88. The fourth-order valence-corrected chi connectivity index (χ4v) is 4.83. The molecule has 1 N–H and O–H groups in total. The molecule has 2 aromatic carbocycles. The van der Waals surface area contributed by atoms with Crippen LogP contribution in [0, 0.1) is 5.82 Å². The van der Waals surface area contributed by atoms with Crippen LogP contribution < -0.4 is 4.74 Å². The predicted molar refractivity (Wildman–Crippen MR) is 128 cm³/mol. The van der Waals surface area contributed by atoms with Crippen LogP contribution in [0.3, 0.4) is 0 Å². The van der Waals surface area contributed by atoms with Crippen LogP contribution in [0.1, 0.15) is 49.9 Å². The molecule has 0 aliphatic carbocycles. The first-order chi connectivity index (χ1) is 16.3. The summed E-state index contributed by atoms with van der Waals surface area (Å²) in [7, 11) is 0. The third-order valence-electron chi connectivity index (χ3n) is 6.66. The molecular formula is C27H31FN2O4. The van der Waals surface area contributed by atoms with Gasteiger partial charge in [0.15, 0.2) is 0 Å². The summed E-state index contributed by atoms with van der Waals surface area (Å²) in [6.45, 7) is 9.07. The zero-order chi connectivity index (χ0) is 24.4. The highest BCUT2D eigenvalue weighted by atomic mass is 19.1. The lowest BCUT2D eigenvalue weighted by molar-refractivity contribution is -0.140. The van der Waals surface area contributed by atoms with Gasteiger partial charge in [-0.15, -0.1) is 0 Å². The number of benzene rings is 2. The van der Waals surface area contributed by atoms with Crippen molar-refractivity contribution in [3.05, 3.63) is 70.5 Å². The topological polar surface area (TPSA) is 70.1 Å². The second kappa shape index (κ2) is 9.97. The predicted octanol–water partition coefficient (Wildman–Crippen LogP) is 4.30. The van der Waals surface area contributed by atoms with Crippen LogP contribution in [0.2, 0.25) is 0 Å². The number of ketones is 1. The smallest absolute Gasteiger partial charge is 0.295 e. The molecule has 0 saturated carbocycles. The van der Waals surface area contributed by atoms with E-state index in [2.05, 4.69) is 18.7 Å². The molecule has 180 valence electrons. The number of carbonyl (C=O) groups excluding carboxylic acids is 2. The summed E-state index contributed by atoms with van der Waals surface area (Å²) in [5.41, 5.74) is 2.03. The van der Waals surface area contributed by atoms with Crippen molar-refractivity contribution in [1.82, 2.24) is 9.80 Å². The number of nitrogens with zero attached hydrogens (tertiary/aromatic N) is 2. The minimum Gasteiger partial charge on any atom is -0.507 e. The zero-order valence-corrected chi connectivity index (χ0v) is 19.9. The molecule has 4 rings (SSSR count). The maximum atomic E-state index is 13.6. The van der Waals surface area contributed by atoms with E-state index < -0.39 is 23.5 Å². The second-order valence-electron chi connectivity index (χ2n) is 8.88. The number of ether oxygens (including phenoxy) is 1. The van der Waals surface area contributed by atoms with Gasteiger partial charge in [-0.3, -0.25) is 9.59 Å². The van der Waals surface area contributed by atoms with Gasteiger partial charge >= 0.3 is 0 Å². The minimum absolute atomic E-state index is 0.0337. The fourth-order valence-electron chi connectivity index (χ4n) is 4.83. The number of Topliss-reactive ketones (excluding diaryl/α,β-unsaturated/α-hetero) is 1. The highest BCUT2D eigenvalue weighted by molar-refractivity contribution is 6.46. The van der Waals surface area contributed by atoms with Crippen molar-refractivity contribution in [2.75, 3.05) is 26.2 Å². The Labute approximate surface area is 199 Å². The van der Waals surface area contributed by atoms with Crippen LogP contribution in [0.4, 0.5) is 4.39 Å². The molecule has 0 bridgehead atoms. The van der Waals surface area contributed by atoms with Gasteiger partial charge in [0.1, 0.15) is 23.4 Å². The van der Waals surface area contributed by atoms with Crippen LogP contribution in [-0.2, 0) is 16.0 Å². The number of hydrogen-bond acceptors (Lipinski definition) is 5. The normalized spacial score (nSPS) is 21.3. The average Bonchev–Trinajstić information content (AvgIpc) is 3.32. The van der Waals surface area contributed by atoms with Crippen LogP contribution >= 0.6 is 0 Å². The number of likely N-dealkylation sites (tertiary alicyclic amines) is 1. The van der Waals surface area contributed by atoms with Gasteiger partial charge in [0, 0.05) is 18.5 Å². The number of aliphatic hydroxyl groups is 1. The van der Waals surface area contributed by atoms with Crippen molar-refractivity contribution in [3.63, 3.8) is 0 Å². The van der Waals surface area contributed by atoms with Gasteiger partial charge in [0.2, 0.25) is 0 Å². The van der Waals surface area contributed by atoms with E-state index in [-0.39, 0.29) is 17.4 Å². The van der Waals surface area contributed by atoms with E-state index in [4.69, 9.17) is 4.74 Å². The first kappa shape index (κ1) is 24.0. The third kappa shape index (κ3) is 4.57. The summed E-state index contributed by atoms with van der Waals surface area (Å²) in [5.74, 6) is -1.24. The Bertz CT molecular complexity index is 1110. The molecular weight excluding hydrogens is 435 g/mol. The van der Waals surface area contributed by atoms with Crippen molar-refractivity contribution < 1.29 is 23.8 Å². The van der Waals surface area contributed by atoms with Gasteiger partial charge in [-0.1, -0.05) is 26.0 Å². The highest BCUT2D eigenvalue weighted by Crippen LogP contribution is 2.40. The van der Waals surface area contributed by atoms with Crippen molar-refractivity contribution in [2.45, 2.75) is 45.8 Å². The summed E-state index contributed by atoms with van der Waals surface area (Å²) in [4.78, 5) is 30.0. The Hall–Kier alpha value is -3.19. The third-order valence-corrected chi connectivity index (χ3v) is 6.66. The SMILES string of the molecule is CCN(CC)CCCN1C(=O)C(=O)/C(=C(/O)c2ccc3c(c2)C[C@H](C)O3)[C@H]1c1ccc(F)cc1. The number of carbonyl (C=O) groups is 2. The number of amides is 1. The van der Waals surface area contributed by atoms with E-state index in [0.717, 1.165) is 30.9 Å². The summed E-state index contributed by atoms with van der Waals surface area (Å²) in [6, 6.07) is 10.2. The van der Waals surface area contributed by atoms with Crippen LogP contribution in [-0.4, -0.2) is 58.9 Å². The van der Waals surface area contributed by atoms with E-state index in [1.54, 1.807) is 24.3 Å². The number of rotatable bonds is 8. The standard InChI is InChI=1S/C27H31FN2O4/c1-4-29(5-2)13-6-14-30-24(18-7-10-21(28)11-8-18)23(26(32)27(30)33)25(31)19-9-12-22-20(16-19)15-17(3)34-22/h7-12,16-17,24,31H,4-6,13-15H2,1-3H3/b25-23+/t17-,24+/m0/s1. The summed E-state index contributed by atoms with van der Waals surface area (Å²) in [6.07, 6.45) is 1.43. The maximum absolute atomic E-state index is 13.6. The maximum Gasteiger partial charge on any atom is 0.295 e. The Kier molecular flexibility index (Phi) is 7.03. The molecule has 1 amide bonds. The lowest BCUT2D eigenvalue weighted by Crippen LogP contribution is -2.33. The summed E-state index contributed by atoms with van der Waals surface area (Å²) in [5, 5.41) is 11.3. The summed E-state index contributed by atoms with van der Waals surface area (Å²) >= 11 is 0. The Morgan fingerprint density at radius 2 is 1.85 bits per heavy atom. The molecule has 2 heterocycles. The van der Waals surface area contributed by atoms with Gasteiger partial charge in [-0.2, -0.15) is 0 Å². The van der Waals surface area contributed by atoms with E-state index in [9.17, 15) is 19.1 Å². The molecule has 34 heavy (non-hydrogen) atoms. The lowest BCUT2D eigenvalue weighted by atomic mass is 9.94. The molecule has 2 aliphatic rings. The molecule has 0 unspecified atom stereocenters. The Balaban J connectivity index is 1.72. The number of halogens is 1. The van der Waals surface area contributed by atoms with Crippen molar-refractivity contribution in [2.24, 2.45) is 0 Å². The quantitative estimate of drug-likeness (QED) is 0.357. The van der Waals surface area contributed by atoms with Crippen LogP contribution in [0.25, 0.3) is 5.76 Å². The van der Waals surface area contributed by atoms with Crippen LogP contribution in [0.15, 0.2) is 48.0 Å². The Morgan fingerprint density at radius 3 is 2.53 bits per heavy atom. The average molecular weight is 467 g/mol. The Morgan fingerprint density at radius 1 is 1.15 bits per heavy atom. The number of fused-ring (bicyclic) bond motifs is 1. The fraction of sp³-hybridized carbons (Fsp3) is 0.407. The molecule has 1 saturated heterocycles. The molecule has 0 spiro atoms. The molecule has 1 fully saturated rings. The highest BCUT2D eigenvalue weighted by Gasteiger charge is 2.45. The molecule has 0 aromatic heterocycles. The van der Waals surface area contributed by atoms with Gasteiger partial charge < -0.3 is 19.6 Å². The van der Waals surface area contributed by atoms with E-state index in [1.165, 1.54) is 17.0 Å². The molecule has 2 aromatic rings. The first-order valence-corrected chi connectivity index (χ1v) is 11.9. The monoisotopic (exact) mass is 466 g/mol. The first-order valence-electron chi connectivity index (χ1n) is 11.9. The number of hydrogen-bond donors (Lipinski definition) is 1. The molecule has 2 aliphatic heterocycles. The van der Waals surface area contributed by atoms with Crippen LogP contribution in [0.5, 0.6) is 5.75 Å². The van der Waals surface area contributed by atoms with Gasteiger partial charge in [-0.05, 0) is 74.4 Å². The largest absolute Gasteiger partial charge is 0.507 e. The van der Waals surface area contributed by atoms with Gasteiger partial charge in [-0.25, -0.2) is 4.39 Å². The molecule has 7 heteroatoms. The minimum atomic E-state index is -0.777. The van der Waals surface area contributed by atoms with E-state index in [0.29, 0.717) is 30.5 Å². The molecule has 0 radical (unpaired) electrons. The summed E-state index contributed by atoms with van der Waals surface area (Å²) < 4.78 is 19.4. The molecule has 6 nitrogen and oxygen atoms in total. The van der Waals surface area contributed by atoms with Crippen molar-refractivity contribution in [3.8, 4) is 5.75 Å². The van der Waals surface area contributed by atoms with Gasteiger partial charge in [0.25, 0.3) is 11.7 Å². The van der Waals surface area contributed by atoms with Crippen molar-refractivity contribution >= 4 is 17.4 Å². The van der Waals surface area contributed by atoms with Gasteiger partial charge in [0.05, 0.1) is 11.6 Å². The van der Waals surface area contributed by atoms with E-state index in [1.807, 2.05) is 13.0 Å². The van der Waals surface area contributed by atoms with Crippen molar-refractivity contribution in [1.29, 1.82) is 0 Å². The van der Waals surface area contributed by atoms with E-state index >= 15 is 0 Å². The molecule has 2 atom stereocenters. The lowest BCUT2D eigenvalue weighted by Gasteiger charge is -2.26.